The minimum atomic E-state index is -0.795. The summed E-state index contributed by atoms with van der Waals surface area (Å²) in [6.07, 6.45) is 0.167. The summed E-state index contributed by atoms with van der Waals surface area (Å²) in [4.78, 5) is 41.4. The lowest BCUT2D eigenvalue weighted by Crippen LogP contribution is -2.51. The van der Waals surface area contributed by atoms with Crippen LogP contribution in [0.3, 0.4) is 0 Å². The fourth-order valence-electron chi connectivity index (χ4n) is 5.03. The number of benzene rings is 4. The van der Waals surface area contributed by atoms with E-state index >= 15 is 0 Å². The van der Waals surface area contributed by atoms with Crippen molar-refractivity contribution in [3.8, 4) is 0 Å². The molecule has 0 aliphatic carbocycles. The van der Waals surface area contributed by atoms with E-state index in [2.05, 4.69) is 34.1 Å². The molecule has 0 fully saturated rings. The van der Waals surface area contributed by atoms with Crippen LogP contribution < -0.4 is 16.0 Å². The minimum absolute atomic E-state index is 0.0359. The predicted molar refractivity (Wildman–Crippen MR) is 174 cm³/mol. The van der Waals surface area contributed by atoms with Crippen molar-refractivity contribution in [3.05, 3.63) is 119 Å². The molecule has 0 spiro atoms. The molecule has 0 heterocycles. The molecule has 8 heteroatoms. The van der Waals surface area contributed by atoms with E-state index in [1.807, 2.05) is 92.7 Å². The predicted octanol–water partition coefficient (Wildman–Crippen LogP) is 5.13. The number of hydrogen-bond donors (Lipinski definition) is 3. The third-order valence-electron chi connectivity index (χ3n) is 7.56. The highest BCUT2D eigenvalue weighted by Gasteiger charge is 2.28. The normalized spacial score (nSPS) is 12.2. The molecule has 4 rings (SSSR count). The number of carbonyl (C=O) groups is 3. The van der Waals surface area contributed by atoms with Gasteiger partial charge in [-0.3, -0.25) is 9.59 Å². The molecule has 0 aliphatic heterocycles. The van der Waals surface area contributed by atoms with Gasteiger partial charge in [0.25, 0.3) is 0 Å². The molecule has 0 aliphatic rings. The van der Waals surface area contributed by atoms with Crippen LogP contribution in [0.2, 0.25) is 0 Å². The number of methoxy groups -OCH3 is 1. The number of ether oxygens (including phenoxy) is 1. The SMILES string of the molecule is COC(C)CN(Cc1cccc2ccccc12)C(=O)[C@H](Cc1ccc(C)cc1)NC(=O)CCNC(=O)NCc1ccccc1. The highest BCUT2D eigenvalue weighted by Crippen LogP contribution is 2.21. The monoisotopic (exact) mass is 594 g/mol. The molecule has 3 N–H and O–H groups in total. The van der Waals surface area contributed by atoms with E-state index in [4.69, 9.17) is 4.74 Å². The third kappa shape index (κ3) is 9.67. The van der Waals surface area contributed by atoms with E-state index < -0.39 is 6.04 Å². The van der Waals surface area contributed by atoms with Crippen LogP contribution in [0.15, 0.2) is 97.1 Å². The lowest BCUT2D eigenvalue weighted by molar-refractivity contribution is -0.138. The summed E-state index contributed by atoms with van der Waals surface area (Å²) in [7, 11) is 1.62. The van der Waals surface area contributed by atoms with Crippen LogP contribution in [-0.2, 0) is 33.8 Å². The molecular formula is C36H42N4O4. The number of hydrogen-bond acceptors (Lipinski definition) is 4. The van der Waals surface area contributed by atoms with Gasteiger partial charge >= 0.3 is 6.03 Å². The van der Waals surface area contributed by atoms with Crippen molar-refractivity contribution in [2.75, 3.05) is 20.2 Å². The van der Waals surface area contributed by atoms with Crippen LogP contribution in [0.4, 0.5) is 4.79 Å². The van der Waals surface area contributed by atoms with E-state index in [1.54, 1.807) is 12.0 Å². The molecule has 0 bridgehead atoms. The van der Waals surface area contributed by atoms with Gasteiger partial charge in [-0.15, -0.1) is 0 Å². The molecule has 0 aromatic heterocycles. The maximum absolute atomic E-state index is 14.2. The summed E-state index contributed by atoms with van der Waals surface area (Å²) < 4.78 is 5.54. The van der Waals surface area contributed by atoms with Crippen molar-refractivity contribution in [2.24, 2.45) is 0 Å². The molecule has 4 amide bonds. The largest absolute Gasteiger partial charge is 0.380 e. The second kappa shape index (κ2) is 16.2. The summed E-state index contributed by atoms with van der Waals surface area (Å²) in [5.74, 6) is -0.506. The molecule has 0 radical (unpaired) electrons. The molecular weight excluding hydrogens is 552 g/mol. The molecule has 2 atom stereocenters. The van der Waals surface area contributed by atoms with Crippen LogP contribution in [0, 0.1) is 6.92 Å². The lowest BCUT2D eigenvalue weighted by Gasteiger charge is -2.30. The quantitative estimate of drug-likeness (QED) is 0.189. The average Bonchev–Trinajstić information content (AvgIpc) is 3.04. The third-order valence-corrected chi connectivity index (χ3v) is 7.56. The first-order valence-electron chi connectivity index (χ1n) is 15.0. The maximum atomic E-state index is 14.2. The number of fused-ring (bicyclic) bond motifs is 1. The number of nitrogens with zero attached hydrogens (tertiary/aromatic N) is 1. The smallest absolute Gasteiger partial charge is 0.315 e. The van der Waals surface area contributed by atoms with E-state index in [-0.39, 0.29) is 36.9 Å². The van der Waals surface area contributed by atoms with Crippen molar-refractivity contribution in [3.63, 3.8) is 0 Å². The Kier molecular flexibility index (Phi) is 11.9. The standard InChI is InChI=1S/C36H42N4O4/c1-26-16-18-28(19-17-26)22-33(39-34(41)20-21-37-36(43)38-23-29-10-5-4-6-11-29)35(42)40(24-27(2)44-3)25-31-14-9-13-30-12-7-8-15-32(30)31/h4-19,27,33H,20-25H2,1-3H3,(H,39,41)(H2,37,38,43)/t27?,33-/m0/s1. The van der Waals surface area contributed by atoms with Gasteiger partial charge in [0.1, 0.15) is 6.04 Å². The first-order chi connectivity index (χ1) is 21.3. The Morgan fingerprint density at radius 1 is 0.818 bits per heavy atom. The highest BCUT2D eigenvalue weighted by atomic mass is 16.5. The van der Waals surface area contributed by atoms with Gasteiger partial charge in [0.2, 0.25) is 11.8 Å². The fourth-order valence-corrected chi connectivity index (χ4v) is 5.03. The number of aryl methyl sites for hydroxylation is 1. The highest BCUT2D eigenvalue weighted by molar-refractivity contribution is 5.89. The summed E-state index contributed by atoms with van der Waals surface area (Å²) >= 11 is 0. The van der Waals surface area contributed by atoms with Gasteiger partial charge in [-0.2, -0.15) is 0 Å². The Balaban J connectivity index is 1.46. The van der Waals surface area contributed by atoms with E-state index in [0.717, 1.165) is 33.0 Å². The van der Waals surface area contributed by atoms with Crippen molar-refractivity contribution in [2.45, 2.75) is 51.9 Å². The molecule has 0 saturated heterocycles. The lowest BCUT2D eigenvalue weighted by atomic mass is 10.0. The number of urea groups is 1. The molecule has 8 nitrogen and oxygen atoms in total. The van der Waals surface area contributed by atoms with Crippen LogP contribution in [-0.4, -0.2) is 55.1 Å². The Labute approximate surface area is 259 Å². The van der Waals surface area contributed by atoms with Gasteiger partial charge in [-0.05, 0) is 41.3 Å². The van der Waals surface area contributed by atoms with Gasteiger partial charge in [-0.25, -0.2) is 4.79 Å². The van der Waals surface area contributed by atoms with Gasteiger partial charge < -0.3 is 25.6 Å². The molecule has 0 saturated carbocycles. The summed E-state index contributed by atoms with van der Waals surface area (Å²) in [6.45, 7) is 5.19. The van der Waals surface area contributed by atoms with Crippen LogP contribution in [0.25, 0.3) is 10.8 Å². The molecule has 230 valence electrons. The van der Waals surface area contributed by atoms with Crippen LogP contribution in [0.5, 0.6) is 0 Å². The van der Waals surface area contributed by atoms with Gasteiger partial charge in [-0.1, -0.05) is 103 Å². The van der Waals surface area contributed by atoms with Gasteiger partial charge in [0.05, 0.1) is 6.10 Å². The van der Waals surface area contributed by atoms with Crippen LogP contribution in [0.1, 0.15) is 35.6 Å². The summed E-state index contributed by atoms with van der Waals surface area (Å²) in [6, 6.07) is 30.6. The second-order valence-corrected chi connectivity index (χ2v) is 11.1. The zero-order chi connectivity index (χ0) is 31.3. The second-order valence-electron chi connectivity index (χ2n) is 11.1. The van der Waals surface area contributed by atoms with Crippen molar-refractivity contribution >= 4 is 28.6 Å². The zero-order valence-electron chi connectivity index (χ0n) is 25.7. The Bertz CT molecular complexity index is 1520. The molecule has 4 aromatic rings. The van der Waals surface area contributed by atoms with E-state index in [1.165, 1.54) is 0 Å². The van der Waals surface area contributed by atoms with Gasteiger partial charge in [0, 0.05) is 46.1 Å². The van der Waals surface area contributed by atoms with E-state index in [9.17, 15) is 14.4 Å². The van der Waals surface area contributed by atoms with Crippen molar-refractivity contribution < 1.29 is 19.1 Å². The summed E-state index contributed by atoms with van der Waals surface area (Å²) in [5, 5.41) is 10.7. The number of amides is 4. The number of nitrogens with one attached hydrogen (secondary N) is 3. The zero-order valence-corrected chi connectivity index (χ0v) is 25.7. The average molecular weight is 595 g/mol. The Morgan fingerprint density at radius 3 is 2.27 bits per heavy atom. The molecule has 1 unspecified atom stereocenters. The Hall–Kier alpha value is -4.69. The number of rotatable bonds is 14. The maximum Gasteiger partial charge on any atom is 0.315 e. The van der Waals surface area contributed by atoms with Gasteiger partial charge in [0.15, 0.2) is 0 Å². The van der Waals surface area contributed by atoms with Crippen molar-refractivity contribution in [1.29, 1.82) is 0 Å². The van der Waals surface area contributed by atoms with E-state index in [0.29, 0.717) is 26.1 Å². The summed E-state index contributed by atoms with van der Waals surface area (Å²) in [5.41, 5.74) is 4.06. The first-order valence-corrected chi connectivity index (χ1v) is 15.0. The molecule has 44 heavy (non-hydrogen) atoms. The Morgan fingerprint density at radius 2 is 1.52 bits per heavy atom. The van der Waals surface area contributed by atoms with Crippen LogP contribution >= 0.6 is 0 Å². The van der Waals surface area contributed by atoms with Crippen molar-refractivity contribution in [1.82, 2.24) is 20.9 Å². The minimum Gasteiger partial charge on any atom is -0.380 e. The fraction of sp³-hybridized carbons (Fsp3) is 0.306. The molecule has 4 aromatic carbocycles. The first kappa shape index (κ1) is 32.2. The number of carbonyl (C=O) groups excluding carboxylic acids is 3. The topological polar surface area (TPSA) is 99.8 Å².